The van der Waals surface area contributed by atoms with E-state index in [0.29, 0.717) is 18.4 Å². The smallest absolute Gasteiger partial charge is 0.246 e. The first-order chi connectivity index (χ1) is 36.2. The monoisotopic (exact) mass is 1040 g/mol. The van der Waals surface area contributed by atoms with Crippen LogP contribution in [0.3, 0.4) is 0 Å². The van der Waals surface area contributed by atoms with Gasteiger partial charge in [0.25, 0.3) is 0 Å². The largest absolute Gasteiger partial charge is 0.508 e. The van der Waals surface area contributed by atoms with Gasteiger partial charge in [0.1, 0.15) is 35.7 Å². The van der Waals surface area contributed by atoms with Crippen molar-refractivity contribution in [1.82, 2.24) is 41.7 Å². The zero-order valence-corrected chi connectivity index (χ0v) is 45.2. The Morgan fingerprint density at radius 3 is 1.53 bits per heavy atom. The van der Waals surface area contributed by atoms with Gasteiger partial charge in [-0.3, -0.25) is 28.8 Å². The fourth-order valence-electron chi connectivity index (χ4n) is 13.2. The second kappa shape index (κ2) is 21.7. The molecule has 4 unspecified atom stereocenters. The van der Waals surface area contributed by atoms with E-state index in [1.54, 1.807) is 62.0 Å². The molecule has 0 spiro atoms. The van der Waals surface area contributed by atoms with E-state index in [0.717, 1.165) is 66.3 Å². The van der Waals surface area contributed by atoms with E-state index in [4.69, 9.17) is 0 Å². The molecule has 0 radical (unpaired) electrons. The van der Waals surface area contributed by atoms with Crippen LogP contribution < -0.4 is 31.9 Å². The first-order valence-electron chi connectivity index (χ1n) is 27.2. The maximum Gasteiger partial charge on any atom is 0.246 e. The number of carbonyl (C=O) groups is 6. The van der Waals surface area contributed by atoms with Gasteiger partial charge in [0.15, 0.2) is 0 Å². The first kappa shape index (κ1) is 54.0. The number of rotatable bonds is 10. The van der Waals surface area contributed by atoms with Gasteiger partial charge in [-0.05, 0) is 147 Å². The minimum Gasteiger partial charge on any atom is -0.508 e. The lowest BCUT2D eigenvalue weighted by Gasteiger charge is -2.36. The maximum absolute atomic E-state index is 14.2. The minimum absolute atomic E-state index is 0.0967. The van der Waals surface area contributed by atoms with Crippen LogP contribution in [-0.2, 0) is 54.5 Å². The van der Waals surface area contributed by atoms with Gasteiger partial charge in [-0.2, -0.15) is 0 Å². The zero-order chi connectivity index (χ0) is 54.4. The standard InChI is InChI=1S/2C30H38N4O4/c1-17(31-4)27(36)33-22-15-19-11-8-14-24(35)25(19)23-16-30(2,3)26(34(23)29(22)38)28(37)32-21-13-7-10-18-9-5-6-12-20(18)21;1-17(31-4)27(36)33-24-15-19-14-20(35)12-13-22(19)25-16-30(2,3)26(34(25)29(24)38)28(37)32-23-11-7-9-18-8-5-6-10-21(18)23/h5-6,8-9,11-12,14,17,21-23,26,31,35H,7,10,13,15-16H2,1-4H3,(H,32,37)(H,33,36);5-6,8,10,12-14,17,23-26,31,35H,7,9,11,15-16H2,1-4H3,(H,32,37)(H,33,36)/t17-,21+,22-,23?,26?;17-,23+,24-,25?,26?/m00/s1. The lowest BCUT2D eigenvalue weighted by Crippen LogP contribution is -2.57. The lowest BCUT2D eigenvalue weighted by molar-refractivity contribution is -0.145. The van der Waals surface area contributed by atoms with E-state index < -0.39 is 53.1 Å². The average molecular weight is 1040 g/mol. The number of aromatic hydroxyl groups is 2. The molecule has 6 aliphatic rings. The molecule has 2 saturated heterocycles. The molecule has 4 heterocycles. The van der Waals surface area contributed by atoms with E-state index in [9.17, 15) is 39.0 Å². The van der Waals surface area contributed by atoms with Crippen LogP contribution in [0.15, 0.2) is 84.9 Å². The minimum atomic E-state index is -0.844. The molecule has 2 aliphatic carbocycles. The number of carbonyl (C=O) groups excluding carboxylic acids is 6. The lowest BCUT2D eigenvalue weighted by atomic mass is 9.80. The topological polar surface area (TPSA) is 222 Å². The normalized spacial score (nSPS) is 26.4. The van der Waals surface area contributed by atoms with Crippen LogP contribution in [0.2, 0.25) is 0 Å². The molecule has 10 atom stereocenters. The van der Waals surface area contributed by atoms with E-state index in [2.05, 4.69) is 56.2 Å². The molecular formula is C60H76N8O8. The van der Waals surface area contributed by atoms with Crippen LogP contribution in [0.25, 0.3) is 0 Å². The van der Waals surface area contributed by atoms with Crippen LogP contribution in [0.4, 0.5) is 0 Å². The highest BCUT2D eigenvalue weighted by atomic mass is 16.3. The summed E-state index contributed by atoms with van der Waals surface area (Å²) in [6.07, 6.45) is 7.31. The summed E-state index contributed by atoms with van der Waals surface area (Å²) in [5, 5.41) is 39.4. The van der Waals surface area contributed by atoms with Crippen molar-refractivity contribution in [2.45, 2.75) is 166 Å². The second-order valence-corrected chi connectivity index (χ2v) is 23.3. The van der Waals surface area contributed by atoms with E-state index >= 15 is 0 Å². The highest BCUT2D eigenvalue weighted by molar-refractivity contribution is 5.96. The highest BCUT2D eigenvalue weighted by Crippen LogP contribution is 2.53. The second-order valence-electron chi connectivity index (χ2n) is 23.3. The molecule has 16 heteroatoms. The number of nitrogens with zero attached hydrogens (tertiary/aromatic N) is 2. The Morgan fingerprint density at radius 1 is 0.553 bits per heavy atom. The number of benzene rings is 4. The molecule has 0 aromatic heterocycles. The average Bonchev–Trinajstić information content (AvgIpc) is 3.77. The SMILES string of the molecule is CN[C@@H](C)C(=O)N[C@H]1Cc2cc(O)ccc2C2CC(C)(C)C(C(=O)N[C@@H]3CCCc4ccccc43)N2C1=O.CN[C@@H](C)C(=O)N[C@H]1Cc2cccc(O)c2C2CC(C)(C)C(C(=O)N[C@@H]3CCCc4ccccc43)N2C1=O. The predicted octanol–water partition coefficient (Wildman–Crippen LogP) is 5.81. The molecule has 16 nitrogen and oxygen atoms in total. The van der Waals surface area contributed by atoms with Crippen LogP contribution in [0.5, 0.6) is 11.5 Å². The summed E-state index contributed by atoms with van der Waals surface area (Å²) in [7, 11) is 3.38. The summed E-state index contributed by atoms with van der Waals surface area (Å²) >= 11 is 0. The molecule has 4 aliphatic heterocycles. The highest BCUT2D eigenvalue weighted by Gasteiger charge is 2.57. The third-order valence-electron chi connectivity index (χ3n) is 17.2. The molecule has 0 bridgehead atoms. The summed E-state index contributed by atoms with van der Waals surface area (Å²) in [5.74, 6) is -1.27. The third kappa shape index (κ3) is 10.4. The number of phenolic OH excluding ortho intramolecular Hbond substituents is 2. The van der Waals surface area contributed by atoms with E-state index in [1.807, 2.05) is 64.1 Å². The summed E-state index contributed by atoms with van der Waals surface area (Å²) in [6, 6.07) is 21.8. The van der Waals surface area contributed by atoms with Crippen molar-refractivity contribution in [3.05, 3.63) is 129 Å². The van der Waals surface area contributed by atoms with Gasteiger partial charge in [-0.15, -0.1) is 0 Å². The third-order valence-corrected chi connectivity index (χ3v) is 17.2. The van der Waals surface area contributed by atoms with Gasteiger partial charge < -0.3 is 51.9 Å². The summed E-state index contributed by atoms with van der Waals surface area (Å²) in [4.78, 5) is 85.5. The van der Waals surface area contributed by atoms with Gasteiger partial charge in [-0.25, -0.2) is 0 Å². The summed E-state index contributed by atoms with van der Waals surface area (Å²) in [5.41, 5.74) is 6.95. The van der Waals surface area contributed by atoms with Gasteiger partial charge in [0, 0.05) is 18.4 Å². The van der Waals surface area contributed by atoms with Crippen molar-refractivity contribution >= 4 is 35.4 Å². The fraction of sp³-hybridized carbons (Fsp3) is 0.500. The van der Waals surface area contributed by atoms with Crippen molar-refractivity contribution in [3.63, 3.8) is 0 Å². The number of amides is 6. The number of fused-ring (bicyclic) bond motifs is 8. The number of nitrogens with one attached hydrogen (secondary N) is 6. The maximum atomic E-state index is 14.2. The van der Waals surface area contributed by atoms with E-state index in [-0.39, 0.29) is 77.9 Å². The van der Waals surface area contributed by atoms with Crippen LogP contribution in [0.1, 0.15) is 149 Å². The number of phenols is 2. The van der Waals surface area contributed by atoms with Crippen molar-refractivity contribution < 1.29 is 39.0 Å². The molecule has 76 heavy (non-hydrogen) atoms. The molecule has 4 aromatic rings. The van der Waals surface area contributed by atoms with Crippen molar-refractivity contribution in [1.29, 1.82) is 0 Å². The molecule has 0 saturated carbocycles. The predicted molar refractivity (Wildman–Crippen MR) is 289 cm³/mol. The molecular weight excluding hydrogens is 961 g/mol. The Bertz CT molecular complexity index is 2880. The Labute approximate surface area is 446 Å². The van der Waals surface area contributed by atoms with Crippen molar-refractivity contribution in [2.75, 3.05) is 14.1 Å². The van der Waals surface area contributed by atoms with Crippen molar-refractivity contribution in [2.24, 2.45) is 10.8 Å². The van der Waals surface area contributed by atoms with Crippen LogP contribution in [0, 0.1) is 10.8 Å². The number of hydrogen-bond acceptors (Lipinski definition) is 10. The Morgan fingerprint density at radius 2 is 1.01 bits per heavy atom. The molecule has 8 N–H and O–H groups in total. The Kier molecular flexibility index (Phi) is 15.4. The zero-order valence-electron chi connectivity index (χ0n) is 45.2. The molecule has 6 amide bonds. The summed E-state index contributed by atoms with van der Waals surface area (Å²) in [6.45, 7) is 11.5. The quantitative estimate of drug-likeness (QED) is 0.0954. The number of hydrogen-bond donors (Lipinski definition) is 8. The Hall–Kier alpha value is -6.78. The molecule has 10 rings (SSSR count). The summed E-state index contributed by atoms with van der Waals surface area (Å²) < 4.78 is 0. The first-order valence-corrected chi connectivity index (χ1v) is 27.2. The number of aryl methyl sites for hydroxylation is 2. The van der Waals surface area contributed by atoms with E-state index in [1.165, 1.54) is 11.1 Å². The van der Waals surface area contributed by atoms with Crippen LogP contribution >= 0.6 is 0 Å². The van der Waals surface area contributed by atoms with Gasteiger partial charge in [0.05, 0.1) is 36.3 Å². The Balaban J connectivity index is 0.000000186. The van der Waals surface area contributed by atoms with Crippen LogP contribution in [-0.4, -0.2) is 106 Å². The van der Waals surface area contributed by atoms with Gasteiger partial charge in [0.2, 0.25) is 35.4 Å². The number of likely N-dealkylation sites (N-methyl/N-ethyl adjacent to an activating group) is 2. The molecule has 4 aromatic carbocycles. The van der Waals surface area contributed by atoms with Crippen molar-refractivity contribution in [3.8, 4) is 11.5 Å². The van der Waals surface area contributed by atoms with Gasteiger partial charge >= 0.3 is 0 Å². The molecule has 2 fully saturated rings. The molecule has 404 valence electrons. The van der Waals surface area contributed by atoms with Gasteiger partial charge in [-0.1, -0.05) is 94.4 Å². The fourth-order valence-corrected chi connectivity index (χ4v) is 13.2.